The molecule has 1 N–H and O–H groups in total. The van der Waals surface area contributed by atoms with Crippen molar-refractivity contribution in [3.63, 3.8) is 0 Å². The van der Waals surface area contributed by atoms with E-state index in [1.165, 1.54) is 5.56 Å². The lowest BCUT2D eigenvalue weighted by molar-refractivity contribution is -0.136. The predicted molar refractivity (Wildman–Crippen MR) is 139 cm³/mol. The summed E-state index contributed by atoms with van der Waals surface area (Å²) in [5.41, 5.74) is 6.30. The number of hydrogen-bond acceptors (Lipinski definition) is 4. The van der Waals surface area contributed by atoms with Crippen molar-refractivity contribution < 1.29 is 14.6 Å². The summed E-state index contributed by atoms with van der Waals surface area (Å²) in [5.74, 6) is 0.000550. The number of pyridine rings is 2. The molecule has 5 rings (SSSR count). The highest BCUT2D eigenvalue weighted by molar-refractivity contribution is 5.86. The molecule has 0 fully saturated rings. The third-order valence-corrected chi connectivity index (χ3v) is 6.18. The van der Waals surface area contributed by atoms with Gasteiger partial charge in [0, 0.05) is 41.8 Å². The number of ether oxygens (including phenoxy) is 1. The van der Waals surface area contributed by atoms with Crippen LogP contribution in [-0.4, -0.2) is 25.6 Å². The Morgan fingerprint density at radius 2 is 1.58 bits per heavy atom. The average Bonchev–Trinajstić information content (AvgIpc) is 3.29. The van der Waals surface area contributed by atoms with Crippen LogP contribution in [0.1, 0.15) is 28.9 Å². The maximum atomic E-state index is 11.1. The number of fused-ring (bicyclic) bond motifs is 1. The zero-order chi connectivity index (χ0) is 24.7. The molecule has 0 saturated heterocycles. The number of rotatable bonds is 10. The van der Waals surface area contributed by atoms with E-state index >= 15 is 0 Å². The normalized spacial score (nSPS) is 11.0. The number of benzene rings is 2. The maximum Gasteiger partial charge on any atom is 0.303 e. The summed E-state index contributed by atoms with van der Waals surface area (Å²) >= 11 is 0. The van der Waals surface area contributed by atoms with Gasteiger partial charge in [-0.15, -0.1) is 0 Å². The lowest BCUT2D eigenvalue weighted by atomic mass is 10.0. The van der Waals surface area contributed by atoms with Gasteiger partial charge in [0.1, 0.15) is 12.4 Å². The van der Waals surface area contributed by atoms with Crippen LogP contribution < -0.4 is 4.74 Å². The molecule has 3 aromatic heterocycles. The van der Waals surface area contributed by atoms with Crippen LogP contribution in [0.2, 0.25) is 0 Å². The minimum atomic E-state index is -0.784. The number of carbonyl (C=O) groups is 1. The fourth-order valence-corrected chi connectivity index (χ4v) is 4.32. The first kappa shape index (κ1) is 23.3. The van der Waals surface area contributed by atoms with Crippen LogP contribution in [0, 0.1) is 0 Å². The SMILES string of the molecule is O=C(O)CCc1ccc2c(c1)c(CCc1ccccn1)cn2-c1ccc(OCc2ccccn2)cc1. The molecule has 5 aromatic rings. The third kappa shape index (κ3) is 5.61. The first-order valence-corrected chi connectivity index (χ1v) is 12.0. The number of aryl methyl sites for hydroxylation is 3. The summed E-state index contributed by atoms with van der Waals surface area (Å²) in [7, 11) is 0. The van der Waals surface area contributed by atoms with Crippen molar-refractivity contribution in [2.45, 2.75) is 32.3 Å². The van der Waals surface area contributed by atoms with Crippen molar-refractivity contribution in [2.75, 3.05) is 0 Å². The molecule has 0 amide bonds. The fraction of sp³-hybridized carbons (Fsp3) is 0.167. The molecule has 0 aliphatic carbocycles. The Bertz CT molecular complexity index is 1450. The summed E-state index contributed by atoms with van der Waals surface area (Å²) in [5, 5.41) is 10.2. The van der Waals surface area contributed by atoms with Gasteiger partial charge in [-0.2, -0.15) is 0 Å². The van der Waals surface area contributed by atoms with Gasteiger partial charge >= 0.3 is 5.97 Å². The van der Waals surface area contributed by atoms with E-state index in [4.69, 9.17) is 9.84 Å². The van der Waals surface area contributed by atoms with Crippen LogP contribution in [0.3, 0.4) is 0 Å². The van der Waals surface area contributed by atoms with E-state index in [0.717, 1.165) is 52.1 Å². The summed E-state index contributed by atoms with van der Waals surface area (Å²) in [4.78, 5) is 19.8. The van der Waals surface area contributed by atoms with Crippen LogP contribution in [0.4, 0.5) is 0 Å². The molecule has 0 saturated carbocycles. The summed E-state index contributed by atoms with van der Waals surface area (Å²) in [6, 6.07) is 26.0. The number of aromatic nitrogens is 3. The van der Waals surface area contributed by atoms with Crippen LogP contribution in [0.15, 0.2) is 97.5 Å². The van der Waals surface area contributed by atoms with Crippen molar-refractivity contribution >= 4 is 16.9 Å². The highest BCUT2D eigenvalue weighted by Crippen LogP contribution is 2.28. The molecular formula is C30H27N3O3. The summed E-state index contributed by atoms with van der Waals surface area (Å²) in [6.07, 6.45) is 8.07. The Hall–Kier alpha value is -4.45. The largest absolute Gasteiger partial charge is 0.487 e. The lowest BCUT2D eigenvalue weighted by Gasteiger charge is -2.09. The van der Waals surface area contributed by atoms with Gasteiger partial charge in [0.25, 0.3) is 0 Å². The van der Waals surface area contributed by atoms with Crippen LogP contribution in [0.25, 0.3) is 16.6 Å². The number of aliphatic carboxylic acids is 1. The molecular weight excluding hydrogens is 450 g/mol. The number of nitrogens with zero attached hydrogens (tertiary/aromatic N) is 3. The molecule has 36 heavy (non-hydrogen) atoms. The van der Waals surface area contributed by atoms with Crippen LogP contribution >= 0.6 is 0 Å². The minimum Gasteiger partial charge on any atom is -0.487 e. The monoisotopic (exact) mass is 477 g/mol. The number of carboxylic acids is 1. The second-order valence-corrected chi connectivity index (χ2v) is 8.69. The van der Waals surface area contributed by atoms with Crippen molar-refractivity contribution in [3.05, 3.63) is 120 Å². The molecule has 0 atom stereocenters. The molecule has 0 aliphatic heterocycles. The van der Waals surface area contributed by atoms with Gasteiger partial charge in [-0.05, 0) is 91.1 Å². The van der Waals surface area contributed by atoms with Gasteiger partial charge in [0.2, 0.25) is 0 Å². The zero-order valence-electron chi connectivity index (χ0n) is 19.9. The molecule has 0 spiro atoms. The Balaban J connectivity index is 1.41. The van der Waals surface area contributed by atoms with E-state index in [1.54, 1.807) is 6.20 Å². The first-order valence-electron chi connectivity index (χ1n) is 12.0. The smallest absolute Gasteiger partial charge is 0.303 e. The van der Waals surface area contributed by atoms with Gasteiger partial charge in [-0.3, -0.25) is 14.8 Å². The van der Waals surface area contributed by atoms with E-state index in [9.17, 15) is 4.79 Å². The molecule has 6 nitrogen and oxygen atoms in total. The fourth-order valence-electron chi connectivity index (χ4n) is 4.32. The van der Waals surface area contributed by atoms with Gasteiger partial charge in [0.15, 0.2) is 0 Å². The second kappa shape index (κ2) is 10.9. The van der Waals surface area contributed by atoms with E-state index in [1.807, 2.05) is 72.9 Å². The molecule has 6 heteroatoms. The maximum absolute atomic E-state index is 11.1. The van der Waals surface area contributed by atoms with Gasteiger partial charge in [0.05, 0.1) is 11.2 Å². The Morgan fingerprint density at radius 3 is 2.28 bits per heavy atom. The second-order valence-electron chi connectivity index (χ2n) is 8.69. The van der Waals surface area contributed by atoms with Gasteiger partial charge in [-0.25, -0.2) is 0 Å². The van der Waals surface area contributed by atoms with E-state index in [0.29, 0.717) is 13.0 Å². The topological polar surface area (TPSA) is 77.2 Å². The van der Waals surface area contributed by atoms with E-state index in [2.05, 4.69) is 32.9 Å². The molecule has 3 heterocycles. The lowest BCUT2D eigenvalue weighted by Crippen LogP contribution is -1.98. The van der Waals surface area contributed by atoms with Crippen molar-refractivity contribution in [1.29, 1.82) is 0 Å². The molecule has 0 bridgehead atoms. The average molecular weight is 478 g/mol. The highest BCUT2D eigenvalue weighted by Gasteiger charge is 2.12. The highest BCUT2D eigenvalue weighted by atomic mass is 16.5. The standard InChI is InChI=1S/C30H27N3O3/c34-30(35)16-8-22-7-15-29-28(19-22)23(9-10-24-5-1-3-17-31-24)20-33(29)26-11-13-27(14-12-26)36-21-25-6-2-4-18-32-25/h1-7,11-15,17-20H,8-10,16,21H2,(H,34,35). The summed E-state index contributed by atoms with van der Waals surface area (Å²) < 4.78 is 8.09. The molecule has 0 radical (unpaired) electrons. The quantitative estimate of drug-likeness (QED) is 0.275. The van der Waals surface area contributed by atoms with Crippen molar-refractivity contribution in [2.24, 2.45) is 0 Å². The molecule has 2 aromatic carbocycles. The van der Waals surface area contributed by atoms with Crippen LogP contribution in [-0.2, 0) is 30.7 Å². The van der Waals surface area contributed by atoms with Crippen LogP contribution in [0.5, 0.6) is 5.75 Å². The van der Waals surface area contributed by atoms with Gasteiger partial charge < -0.3 is 14.4 Å². The van der Waals surface area contributed by atoms with E-state index < -0.39 is 5.97 Å². The number of hydrogen-bond donors (Lipinski definition) is 1. The molecule has 0 aliphatic rings. The van der Waals surface area contributed by atoms with E-state index in [-0.39, 0.29) is 6.42 Å². The number of carboxylic acid groups (broad SMARTS) is 1. The van der Waals surface area contributed by atoms with Crippen molar-refractivity contribution in [1.82, 2.24) is 14.5 Å². The minimum absolute atomic E-state index is 0.120. The zero-order valence-corrected chi connectivity index (χ0v) is 19.9. The molecule has 0 unspecified atom stereocenters. The Morgan fingerprint density at radius 1 is 0.833 bits per heavy atom. The third-order valence-electron chi connectivity index (χ3n) is 6.18. The first-order chi connectivity index (χ1) is 17.7. The predicted octanol–water partition coefficient (Wildman–Crippen LogP) is 5.80. The summed E-state index contributed by atoms with van der Waals surface area (Å²) in [6.45, 7) is 0.420. The molecule has 180 valence electrons. The Kier molecular flexibility index (Phi) is 7.03. The van der Waals surface area contributed by atoms with Crippen molar-refractivity contribution in [3.8, 4) is 11.4 Å². The van der Waals surface area contributed by atoms with Gasteiger partial charge in [-0.1, -0.05) is 18.2 Å². The Labute approximate surface area is 209 Å².